The van der Waals surface area contributed by atoms with Gasteiger partial charge in [-0.15, -0.1) is 10.2 Å². The van der Waals surface area contributed by atoms with Crippen molar-refractivity contribution in [2.45, 2.75) is 19.0 Å². The number of carbonyl (C=O) groups excluding carboxylic acids is 1. The Kier molecular flexibility index (Phi) is 9.18. The minimum Gasteiger partial charge on any atom is -0.494 e. The predicted octanol–water partition coefficient (Wildman–Crippen LogP) is 5.63. The maximum atomic E-state index is 12.5. The number of thioether (sulfide) groups is 1. The Balaban J connectivity index is 1.47. The number of hydrazone groups is 1. The fourth-order valence-corrected chi connectivity index (χ4v) is 4.27. The van der Waals surface area contributed by atoms with Crippen molar-refractivity contribution in [3.63, 3.8) is 0 Å². The maximum Gasteiger partial charge on any atom is 0.250 e. The van der Waals surface area contributed by atoms with E-state index in [2.05, 4.69) is 20.7 Å². The molecular weight excluding hydrogens is 510 g/mol. The van der Waals surface area contributed by atoms with Crippen molar-refractivity contribution in [2.24, 2.45) is 5.10 Å². The largest absolute Gasteiger partial charge is 0.494 e. The first kappa shape index (κ1) is 26.2. The van der Waals surface area contributed by atoms with Crippen LogP contribution in [0.3, 0.4) is 0 Å². The van der Waals surface area contributed by atoms with Crippen LogP contribution >= 0.6 is 23.4 Å². The number of carbonyl (C=O) groups is 1. The molecule has 0 spiro atoms. The average Bonchev–Trinajstić information content (AvgIpc) is 3.34. The fourth-order valence-electron chi connectivity index (χ4n) is 3.40. The van der Waals surface area contributed by atoms with Crippen LogP contribution in [0, 0.1) is 0 Å². The van der Waals surface area contributed by atoms with Crippen LogP contribution in [0.4, 0.5) is 0 Å². The molecule has 10 heteroatoms. The molecule has 0 aliphatic rings. The van der Waals surface area contributed by atoms with E-state index in [1.807, 2.05) is 79.1 Å². The van der Waals surface area contributed by atoms with Gasteiger partial charge < -0.3 is 9.47 Å². The zero-order valence-corrected chi connectivity index (χ0v) is 22.0. The summed E-state index contributed by atoms with van der Waals surface area (Å²) in [7, 11) is 0. The molecule has 0 aliphatic carbocycles. The van der Waals surface area contributed by atoms with E-state index >= 15 is 0 Å². The molecule has 0 atom stereocenters. The molecule has 0 radical (unpaired) electrons. The van der Waals surface area contributed by atoms with Crippen LogP contribution in [-0.4, -0.2) is 45.9 Å². The summed E-state index contributed by atoms with van der Waals surface area (Å²) in [6, 6.07) is 22.5. The van der Waals surface area contributed by atoms with Gasteiger partial charge in [-0.2, -0.15) is 5.10 Å². The number of amides is 1. The molecule has 0 saturated heterocycles. The Bertz CT molecular complexity index is 1340. The van der Waals surface area contributed by atoms with Crippen molar-refractivity contribution in [1.29, 1.82) is 0 Å². The number of rotatable bonds is 11. The van der Waals surface area contributed by atoms with Gasteiger partial charge in [-0.25, -0.2) is 5.43 Å². The molecule has 8 nitrogen and oxygen atoms in total. The van der Waals surface area contributed by atoms with Gasteiger partial charge >= 0.3 is 0 Å². The van der Waals surface area contributed by atoms with E-state index in [4.69, 9.17) is 21.1 Å². The molecule has 1 N–H and O–H groups in total. The van der Waals surface area contributed by atoms with Crippen LogP contribution in [0.2, 0.25) is 5.02 Å². The highest BCUT2D eigenvalue weighted by molar-refractivity contribution is 7.99. The van der Waals surface area contributed by atoms with E-state index in [1.165, 1.54) is 11.8 Å². The summed E-state index contributed by atoms with van der Waals surface area (Å²) < 4.78 is 12.9. The summed E-state index contributed by atoms with van der Waals surface area (Å²) in [5, 5.41) is 14.0. The Hall–Kier alpha value is -3.82. The molecule has 3 aromatic carbocycles. The number of nitrogens with one attached hydrogen (secondary N) is 1. The second kappa shape index (κ2) is 12.9. The van der Waals surface area contributed by atoms with Crippen molar-refractivity contribution in [3.8, 4) is 28.6 Å². The maximum absolute atomic E-state index is 12.5. The standard InChI is InChI=1S/C27H26ClN5O3S/c1-3-35-23-13-5-19(6-14-23)17-29-30-25(34)18-37-27-32-31-26(20-7-9-21(28)10-8-20)33(27)22-11-15-24(16-12-22)36-4-2/h5-17H,3-4,18H2,1-2H3,(H,30,34)/b29-17+. The van der Waals surface area contributed by atoms with Crippen LogP contribution in [-0.2, 0) is 4.79 Å². The van der Waals surface area contributed by atoms with E-state index in [1.54, 1.807) is 18.3 Å². The highest BCUT2D eigenvalue weighted by atomic mass is 35.5. The van der Waals surface area contributed by atoms with Crippen molar-refractivity contribution >= 4 is 35.5 Å². The first-order valence-electron chi connectivity index (χ1n) is 11.7. The minimum atomic E-state index is -0.263. The summed E-state index contributed by atoms with van der Waals surface area (Å²) in [4.78, 5) is 12.5. The predicted molar refractivity (Wildman–Crippen MR) is 147 cm³/mol. The van der Waals surface area contributed by atoms with Crippen LogP contribution < -0.4 is 14.9 Å². The summed E-state index contributed by atoms with van der Waals surface area (Å²) in [6.07, 6.45) is 1.58. The molecule has 37 heavy (non-hydrogen) atoms. The second-order valence-corrected chi connectivity index (χ2v) is 9.04. The summed E-state index contributed by atoms with van der Waals surface area (Å²) in [6.45, 7) is 5.06. The van der Waals surface area contributed by atoms with E-state index in [-0.39, 0.29) is 11.7 Å². The molecule has 0 unspecified atom stereocenters. The SMILES string of the molecule is CCOc1ccc(/C=N/NC(=O)CSc2nnc(-c3ccc(Cl)cc3)n2-c2ccc(OCC)cc2)cc1. The third-order valence-corrected chi connectivity index (χ3v) is 6.25. The smallest absolute Gasteiger partial charge is 0.250 e. The van der Waals surface area contributed by atoms with Crippen LogP contribution in [0.15, 0.2) is 83.1 Å². The molecular formula is C27H26ClN5O3S. The number of hydrogen-bond acceptors (Lipinski definition) is 7. The van der Waals surface area contributed by atoms with Crippen molar-refractivity contribution in [1.82, 2.24) is 20.2 Å². The lowest BCUT2D eigenvalue weighted by atomic mass is 10.2. The Labute approximate surface area is 224 Å². The second-order valence-electron chi connectivity index (χ2n) is 7.66. The Morgan fingerprint density at radius 2 is 1.57 bits per heavy atom. The van der Waals surface area contributed by atoms with E-state index < -0.39 is 0 Å². The van der Waals surface area contributed by atoms with Crippen LogP contribution in [0.5, 0.6) is 11.5 Å². The Morgan fingerprint density at radius 1 is 0.946 bits per heavy atom. The van der Waals surface area contributed by atoms with Gasteiger partial charge in [0.15, 0.2) is 11.0 Å². The van der Waals surface area contributed by atoms with Gasteiger partial charge in [0.1, 0.15) is 11.5 Å². The molecule has 1 heterocycles. The fraction of sp³-hybridized carbons (Fsp3) is 0.185. The quantitative estimate of drug-likeness (QED) is 0.152. The number of ether oxygens (including phenoxy) is 2. The van der Waals surface area contributed by atoms with Crippen LogP contribution in [0.25, 0.3) is 17.1 Å². The van der Waals surface area contributed by atoms with Gasteiger partial charge in [-0.1, -0.05) is 23.4 Å². The first-order chi connectivity index (χ1) is 18.1. The monoisotopic (exact) mass is 535 g/mol. The third-order valence-electron chi connectivity index (χ3n) is 5.07. The summed E-state index contributed by atoms with van der Waals surface area (Å²) in [5.74, 6) is 2.04. The molecule has 1 amide bonds. The van der Waals surface area contributed by atoms with Gasteiger partial charge in [0.25, 0.3) is 5.91 Å². The number of hydrogen-bond donors (Lipinski definition) is 1. The highest BCUT2D eigenvalue weighted by Gasteiger charge is 2.17. The average molecular weight is 536 g/mol. The molecule has 0 saturated carbocycles. The van der Waals surface area contributed by atoms with E-state index in [0.29, 0.717) is 29.2 Å². The van der Waals surface area contributed by atoms with Gasteiger partial charge in [0.05, 0.1) is 25.2 Å². The van der Waals surface area contributed by atoms with Gasteiger partial charge in [0, 0.05) is 16.3 Å². The topological polar surface area (TPSA) is 90.6 Å². The third kappa shape index (κ3) is 7.12. The van der Waals surface area contributed by atoms with Crippen molar-refractivity contribution in [3.05, 3.63) is 83.4 Å². The normalized spacial score (nSPS) is 11.0. The van der Waals surface area contributed by atoms with Crippen LogP contribution in [0.1, 0.15) is 19.4 Å². The lowest BCUT2D eigenvalue weighted by molar-refractivity contribution is -0.118. The van der Waals surface area contributed by atoms with Crippen molar-refractivity contribution < 1.29 is 14.3 Å². The first-order valence-corrected chi connectivity index (χ1v) is 13.1. The zero-order valence-electron chi connectivity index (χ0n) is 20.4. The highest BCUT2D eigenvalue weighted by Crippen LogP contribution is 2.29. The summed E-state index contributed by atoms with van der Waals surface area (Å²) >= 11 is 7.34. The number of nitrogens with zero attached hydrogens (tertiary/aromatic N) is 4. The molecule has 4 rings (SSSR count). The molecule has 0 bridgehead atoms. The van der Waals surface area contributed by atoms with Crippen molar-refractivity contribution in [2.75, 3.05) is 19.0 Å². The number of halogens is 1. The van der Waals surface area contributed by atoms with E-state index in [9.17, 15) is 4.79 Å². The molecule has 0 aliphatic heterocycles. The van der Waals surface area contributed by atoms with Gasteiger partial charge in [-0.3, -0.25) is 9.36 Å². The number of benzene rings is 3. The molecule has 1 aromatic heterocycles. The zero-order chi connectivity index (χ0) is 26.0. The lowest BCUT2D eigenvalue weighted by Crippen LogP contribution is -2.20. The lowest BCUT2D eigenvalue weighted by Gasteiger charge is -2.11. The molecule has 190 valence electrons. The molecule has 4 aromatic rings. The Morgan fingerprint density at radius 3 is 2.19 bits per heavy atom. The van der Waals surface area contributed by atoms with Gasteiger partial charge in [-0.05, 0) is 92.2 Å². The number of aromatic nitrogens is 3. The molecule has 0 fully saturated rings. The van der Waals surface area contributed by atoms with E-state index in [0.717, 1.165) is 28.3 Å². The van der Waals surface area contributed by atoms with Gasteiger partial charge in [0.2, 0.25) is 0 Å². The minimum absolute atomic E-state index is 0.108. The summed E-state index contributed by atoms with van der Waals surface area (Å²) in [5.41, 5.74) is 5.09.